The highest BCUT2D eigenvalue weighted by molar-refractivity contribution is 9.10. The quantitative estimate of drug-likeness (QED) is 0.404. The van der Waals surface area contributed by atoms with Crippen LogP contribution in [0.2, 0.25) is 0 Å². The predicted molar refractivity (Wildman–Crippen MR) is 122 cm³/mol. The van der Waals surface area contributed by atoms with Crippen molar-refractivity contribution in [2.75, 3.05) is 31.4 Å². The van der Waals surface area contributed by atoms with Crippen LogP contribution >= 0.6 is 28.3 Å². The number of benzene rings is 1. The van der Waals surface area contributed by atoms with E-state index in [2.05, 4.69) is 51.1 Å². The third-order valence-corrected chi connectivity index (χ3v) is 5.22. The highest BCUT2D eigenvalue weighted by Gasteiger charge is 2.15. The van der Waals surface area contributed by atoms with Crippen LogP contribution in [0.15, 0.2) is 22.8 Å². The lowest BCUT2D eigenvalue weighted by atomic mass is 9.93. The molecule has 162 valence electrons. The summed E-state index contributed by atoms with van der Waals surface area (Å²) in [7, 11) is 1.66. The maximum absolute atomic E-state index is 9.13. The van der Waals surface area contributed by atoms with E-state index in [4.69, 9.17) is 20.7 Å². The molecular formula is C20H30BrClN4O3. The molecule has 0 spiro atoms. The number of aromatic nitrogens is 2. The number of aliphatic hydroxyl groups is 2. The van der Waals surface area contributed by atoms with Gasteiger partial charge in [0.25, 0.3) is 0 Å². The van der Waals surface area contributed by atoms with Crippen molar-refractivity contribution in [3.8, 4) is 5.75 Å². The molecule has 0 saturated heterocycles. The van der Waals surface area contributed by atoms with Crippen LogP contribution in [-0.2, 0) is 6.42 Å². The van der Waals surface area contributed by atoms with E-state index in [-0.39, 0.29) is 31.7 Å². The van der Waals surface area contributed by atoms with Crippen LogP contribution in [0, 0.1) is 0 Å². The van der Waals surface area contributed by atoms with Crippen LogP contribution < -0.4 is 15.8 Å². The monoisotopic (exact) mass is 488 g/mol. The Kier molecular flexibility index (Phi) is 10.7. The van der Waals surface area contributed by atoms with Gasteiger partial charge >= 0.3 is 0 Å². The van der Waals surface area contributed by atoms with Crippen LogP contribution in [0.25, 0.3) is 0 Å². The van der Waals surface area contributed by atoms with Crippen molar-refractivity contribution < 1.29 is 14.9 Å². The average molecular weight is 490 g/mol. The first kappa shape index (κ1) is 25.4. The zero-order valence-corrected chi connectivity index (χ0v) is 19.4. The highest BCUT2D eigenvalue weighted by atomic mass is 79.9. The van der Waals surface area contributed by atoms with Gasteiger partial charge < -0.3 is 26.0 Å². The van der Waals surface area contributed by atoms with E-state index in [1.54, 1.807) is 13.3 Å². The Bertz CT molecular complexity index is 787. The van der Waals surface area contributed by atoms with Crippen LogP contribution in [0.5, 0.6) is 5.75 Å². The molecular weight excluding hydrogens is 460 g/mol. The molecule has 1 aromatic heterocycles. The van der Waals surface area contributed by atoms with Gasteiger partial charge in [0.05, 0.1) is 11.6 Å². The molecule has 0 radical (unpaired) electrons. The number of aliphatic hydroxyl groups excluding tert-OH is 2. The van der Waals surface area contributed by atoms with E-state index in [1.165, 1.54) is 5.56 Å². The van der Waals surface area contributed by atoms with E-state index >= 15 is 0 Å². The maximum Gasteiger partial charge on any atom is 0.224 e. The van der Waals surface area contributed by atoms with Gasteiger partial charge in [-0.1, -0.05) is 13.8 Å². The first-order valence-electron chi connectivity index (χ1n) is 9.35. The molecule has 0 atom stereocenters. The van der Waals surface area contributed by atoms with E-state index in [9.17, 15) is 0 Å². The van der Waals surface area contributed by atoms with E-state index in [0.29, 0.717) is 36.9 Å². The molecule has 1 heterocycles. The number of rotatable bonds is 10. The fourth-order valence-electron chi connectivity index (χ4n) is 3.07. The zero-order valence-electron chi connectivity index (χ0n) is 17.0. The van der Waals surface area contributed by atoms with E-state index in [0.717, 1.165) is 21.3 Å². The molecule has 0 bridgehead atoms. The topological polar surface area (TPSA) is 114 Å². The molecule has 1 aromatic carbocycles. The molecule has 0 amide bonds. The lowest BCUT2D eigenvalue weighted by Gasteiger charge is -2.18. The van der Waals surface area contributed by atoms with Crippen LogP contribution in [-0.4, -0.2) is 46.5 Å². The minimum atomic E-state index is -0.106. The molecule has 2 aromatic rings. The summed E-state index contributed by atoms with van der Waals surface area (Å²) < 4.78 is 6.31. The van der Waals surface area contributed by atoms with Crippen molar-refractivity contribution in [2.24, 2.45) is 0 Å². The number of anilines is 2. The van der Waals surface area contributed by atoms with Crippen molar-refractivity contribution in [1.82, 2.24) is 9.97 Å². The molecule has 0 aliphatic carbocycles. The fourth-order valence-corrected chi connectivity index (χ4v) is 3.62. The number of hydrogen-bond acceptors (Lipinski definition) is 7. The smallest absolute Gasteiger partial charge is 0.224 e. The van der Waals surface area contributed by atoms with Gasteiger partial charge in [-0.2, -0.15) is 4.98 Å². The largest absolute Gasteiger partial charge is 0.496 e. The van der Waals surface area contributed by atoms with Crippen molar-refractivity contribution in [1.29, 1.82) is 0 Å². The van der Waals surface area contributed by atoms with E-state index in [1.807, 2.05) is 6.07 Å². The molecule has 5 N–H and O–H groups in total. The second-order valence-corrected chi connectivity index (χ2v) is 7.84. The first-order chi connectivity index (χ1) is 13.4. The maximum atomic E-state index is 9.13. The number of nitrogen functional groups attached to an aromatic ring is 1. The van der Waals surface area contributed by atoms with Crippen molar-refractivity contribution in [3.63, 3.8) is 0 Å². The number of nitrogens with one attached hydrogen (secondary N) is 1. The molecule has 2 rings (SSSR count). The molecule has 9 heteroatoms. The van der Waals surface area contributed by atoms with Gasteiger partial charge in [-0.15, -0.1) is 12.4 Å². The molecule has 7 nitrogen and oxygen atoms in total. The minimum Gasteiger partial charge on any atom is -0.496 e. The lowest BCUT2D eigenvalue weighted by Crippen LogP contribution is -2.24. The SMILES string of the molecule is COc1cc(C(C)C)c(Cc2cnc(NC(CCO)CCO)nc2N)cc1Br.Cl. The number of halogens is 2. The van der Waals surface area contributed by atoms with E-state index < -0.39 is 0 Å². The third-order valence-electron chi connectivity index (χ3n) is 4.60. The Morgan fingerprint density at radius 3 is 2.34 bits per heavy atom. The predicted octanol–water partition coefficient (Wildman–Crippen LogP) is 3.51. The Hall–Kier alpha value is -1.61. The molecule has 0 unspecified atom stereocenters. The summed E-state index contributed by atoms with van der Waals surface area (Å²) in [6.07, 6.45) is 3.34. The molecule has 0 aliphatic rings. The van der Waals surface area contributed by atoms with Gasteiger partial charge in [0.1, 0.15) is 11.6 Å². The number of hydrogen-bond donors (Lipinski definition) is 4. The molecule has 0 aliphatic heterocycles. The highest BCUT2D eigenvalue weighted by Crippen LogP contribution is 2.33. The number of ether oxygens (including phenoxy) is 1. The van der Waals surface area contributed by atoms with Crippen LogP contribution in [0.3, 0.4) is 0 Å². The van der Waals surface area contributed by atoms with Gasteiger partial charge in [0.2, 0.25) is 5.95 Å². The van der Waals surface area contributed by atoms with Crippen molar-refractivity contribution >= 4 is 40.1 Å². The molecule has 29 heavy (non-hydrogen) atoms. The van der Waals surface area contributed by atoms with Crippen LogP contribution in [0.4, 0.5) is 11.8 Å². The summed E-state index contributed by atoms with van der Waals surface area (Å²) in [5.74, 6) is 1.94. The fraction of sp³-hybridized carbons (Fsp3) is 0.500. The summed E-state index contributed by atoms with van der Waals surface area (Å²) in [5.41, 5.74) is 9.35. The Balaban J connectivity index is 0.00000420. The second-order valence-electron chi connectivity index (χ2n) is 6.99. The van der Waals surface area contributed by atoms with Gasteiger partial charge in [0, 0.05) is 37.4 Å². The zero-order chi connectivity index (χ0) is 20.7. The Labute approximate surface area is 186 Å². The number of nitrogens with two attached hydrogens (primary N) is 1. The van der Waals surface area contributed by atoms with Crippen molar-refractivity contribution in [3.05, 3.63) is 39.5 Å². The third kappa shape index (κ3) is 6.99. The summed E-state index contributed by atoms with van der Waals surface area (Å²) in [6.45, 7) is 4.33. The summed E-state index contributed by atoms with van der Waals surface area (Å²) in [6, 6.07) is 3.99. The van der Waals surface area contributed by atoms with Gasteiger partial charge in [0.15, 0.2) is 0 Å². The second kappa shape index (κ2) is 12.2. The van der Waals surface area contributed by atoms with Crippen molar-refractivity contribution in [2.45, 2.75) is 45.1 Å². The normalized spacial score (nSPS) is 10.9. The Morgan fingerprint density at radius 1 is 1.17 bits per heavy atom. The number of nitrogens with zero attached hydrogens (tertiary/aromatic N) is 2. The standard InChI is InChI=1S/C20H29BrN4O3.ClH/c1-12(2)16-10-18(28-3)17(21)9-13(16)8-14-11-23-20(25-19(14)22)24-15(4-6-26)5-7-27;/h9-12,15,26-27H,4-8H2,1-3H3,(H3,22,23,24,25);1H. The number of methoxy groups -OCH3 is 1. The Morgan fingerprint density at radius 2 is 1.83 bits per heavy atom. The molecule has 0 saturated carbocycles. The van der Waals surface area contributed by atoms with Crippen LogP contribution in [0.1, 0.15) is 49.3 Å². The van der Waals surface area contributed by atoms with Gasteiger partial charge in [-0.05, 0) is 57.9 Å². The van der Waals surface area contributed by atoms with Gasteiger partial charge in [-0.25, -0.2) is 4.98 Å². The minimum absolute atomic E-state index is 0. The molecule has 0 fully saturated rings. The summed E-state index contributed by atoms with van der Waals surface area (Å²) in [5, 5.41) is 21.4. The van der Waals surface area contributed by atoms with Gasteiger partial charge in [-0.3, -0.25) is 0 Å². The summed E-state index contributed by atoms with van der Waals surface area (Å²) >= 11 is 3.55. The average Bonchev–Trinajstić information content (AvgIpc) is 2.64. The lowest BCUT2D eigenvalue weighted by molar-refractivity contribution is 0.247. The summed E-state index contributed by atoms with van der Waals surface area (Å²) in [4.78, 5) is 8.73. The first-order valence-corrected chi connectivity index (χ1v) is 10.1.